The Morgan fingerprint density at radius 1 is 1.19 bits per heavy atom. The Labute approximate surface area is 135 Å². The van der Waals surface area contributed by atoms with E-state index in [1.54, 1.807) is 6.07 Å². The lowest BCUT2D eigenvalue weighted by Crippen LogP contribution is -2.02. The summed E-state index contributed by atoms with van der Waals surface area (Å²) in [6.07, 6.45) is 0. The summed E-state index contributed by atoms with van der Waals surface area (Å²) < 4.78 is 12.5. The third-order valence-corrected chi connectivity index (χ3v) is 4.03. The molecular weight excluding hydrogens is 354 g/mol. The molecule has 0 fully saturated rings. The molecule has 3 nitrogen and oxygen atoms in total. The first-order chi connectivity index (χ1) is 10.2. The van der Waals surface area contributed by atoms with Crippen LogP contribution in [0.25, 0.3) is 11.0 Å². The van der Waals surface area contributed by atoms with E-state index in [0.717, 1.165) is 26.8 Å². The molecule has 0 aliphatic heterocycles. The molecule has 0 saturated carbocycles. The first kappa shape index (κ1) is 14.4. The molecule has 108 valence electrons. The number of para-hydroxylation sites is 1. The summed E-state index contributed by atoms with van der Waals surface area (Å²) in [7, 11) is 0. The molecule has 5 heteroatoms. The van der Waals surface area contributed by atoms with Gasteiger partial charge < -0.3 is 14.9 Å². The number of rotatable bonds is 4. The Morgan fingerprint density at radius 2 is 2.00 bits per heavy atom. The fourth-order valence-corrected chi connectivity index (χ4v) is 2.95. The number of nitrogens with two attached hydrogens (primary N) is 1. The Morgan fingerprint density at radius 3 is 2.76 bits per heavy atom. The molecule has 3 aromatic rings. The Balaban J connectivity index is 1.88. The quantitative estimate of drug-likeness (QED) is 0.715. The highest BCUT2D eigenvalue weighted by atomic mass is 79.9. The van der Waals surface area contributed by atoms with Crippen LogP contribution in [0, 0.1) is 0 Å². The van der Waals surface area contributed by atoms with Crippen LogP contribution in [0.2, 0.25) is 5.02 Å². The normalized spacial score (nSPS) is 11.0. The summed E-state index contributed by atoms with van der Waals surface area (Å²) in [5.74, 6) is 1.35. The highest BCUT2D eigenvalue weighted by molar-refractivity contribution is 9.10. The van der Waals surface area contributed by atoms with Crippen molar-refractivity contribution < 1.29 is 9.15 Å². The number of hydrogen-bond donors (Lipinski definition) is 1. The van der Waals surface area contributed by atoms with Gasteiger partial charge in [-0.2, -0.15) is 0 Å². The number of ether oxygens (including phenoxy) is 1. The standard InChI is InChI=1S/C16H13BrClNO2/c17-10-5-6-15(13(18)7-10)20-9-16-12(8-19)11-3-1-2-4-14(11)21-16/h1-7H,8-9,19H2. The van der Waals surface area contributed by atoms with Crippen LogP contribution < -0.4 is 10.5 Å². The summed E-state index contributed by atoms with van der Waals surface area (Å²) in [4.78, 5) is 0. The molecule has 2 aromatic carbocycles. The van der Waals surface area contributed by atoms with Crippen molar-refractivity contribution in [1.29, 1.82) is 0 Å². The molecule has 0 spiro atoms. The van der Waals surface area contributed by atoms with Gasteiger partial charge >= 0.3 is 0 Å². The maximum atomic E-state index is 6.14. The van der Waals surface area contributed by atoms with Gasteiger partial charge in [0, 0.05) is 22.0 Å². The molecule has 0 amide bonds. The second-order valence-electron chi connectivity index (χ2n) is 4.57. The highest BCUT2D eigenvalue weighted by Crippen LogP contribution is 2.30. The molecule has 0 aliphatic carbocycles. The lowest BCUT2D eigenvalue weighted by molar-refractivity contribution is 0.273. The summed E-state index contributed by atoms with van der Waals surface area (Å²) in [5, 5.41) is 1.58. The summed E-state index contributed by atoms with van der Waals surface area (Å²) >= 11 is 9.50. The van der Waals surface area contributed by atoms with Gasteiger partial charge in [0.05, 0.1) is 5.02 Å². The molecule has 0 unspecified atom stereocenters. The third-order valence-electron chi connectivity index (χ3n) is 3.24. The first-order valence-electron chi connectivity index (χ1n) is 6.46. The maximum absolute atomic E-state index is 6.14. The van der Waals surface area contributed by atoms with Gasteiger partial charge in [-0.3, -0.25) is 0 Å². The molecule has 21 heavy (non-hydrogen) atoms. The minimum absolute atomic E-state index is 0.294. The largest absolute Gasteiger partial charge is 0.484 e. The molecule has 0 bridgehead atoms. The summed E-state index contributed by atoms with van der Waals surface area (Å²) in [6, 6.07) is 13.3. The van der Waals surface area contributed by atoms with Crippen LogP contribution >= 0.6 is 27.5 Å². The first-order valence-corrected chi connectivity index (χ1v) is 7.63. The molecule has 2 N–H and O–H groups in total. The van der Waals surface area contributed by atoms with Crippen molar-refractivity contribution in [3.05, 3.63) is 63.3 Å². The molecule has 0 saturated heterocycles. The van der Waals surface area contributed by atoms with Gasteiger partial charge in [0.25, 0.3) is 0 Å². The van der Waals surface area contributed by atoms with Gasteiger partial charge in [-0.1, -0.05) is 45.7 Å². The number of fused-ring (bicyclic) bond motifs is 1. The molecule has 1 aromatic heterocycles. The maximum Gasteiger partial charge on any atom is 0.147 e. The van der Waals surface area contributed by atoms with Crippen molar-refractivity contribution in [3.8, 4) is 5.75 Å². The second kappa shape index (κ2) is 6.10. The van der Waals surface area contributed by atoms with Crippen molar-refractivity contribution in [2.24, 2.45) is 5.73 Å². The van der Waals surface area contributed by atoms with Crippen LogP contribution in [-0.2, 0) is 13.2 Å². The molecule has 1 heterocycles. The number of benzene rings is 2. The van der Waals surface area contributed by atoms with Crippen molar-refractivity contribution in [1.82, 2.24) is 0 Å². The topological polar surface area (TPSA) is 48.4 Å². The van der Waals surface area contributed by atoms with Crippen LogP contribution in [0.15, 0.2) is 51.4 Å². The zero-order valence-corrected chi connectivity index (χ0v) is 13.4. The average molecular weight is 367 g/mol. The molecule has 0 atom stereocenters. The van der Waals surface area contributed by atoms with Crippen LogP contribution in [0.3, 0.4) is 0 Å². The monoisotopic (exact) mass is 365 g/mol. The summed E-state index contributed by atoms with van der Waals surface area (Å²) in [6.45, 7) is 0.701. The average Bonchev–Trinajstić information content (AvgIpc) is 2.83. The summed E-state index contributed by atoms with van der Waals surface area (Å²) in [5.41, 5.74) is 7.62. The van der Waals surface area contributed by atoms with E-state index in [2.05, 4.69) is 15.9 Å². The Bertz CT molecular complexity index is 785. The van der Waals surface area contributed by atoms with E-state index in [0.29, 0.717) is 23.9 Å². The molecule has 0 aliphatic rings. The van der Waals surface area contributed by atoms with Gasteiger partial charge in [0.15, 0.2) is 0 Å². The van der Waals surface area contributed by atoms with Gasteiger partial charge in [-0.25, -0.2) is 0 Å². The Kier molecular flexibility index (Phi) is 4.19. The van der Waals surface area contributed by atoms with E-state index < -0.39 is 0 Å². The Hall–Kier alpha value is -1.49. The van der Waals surface area contributed by atoms with Gasteiger partial charge in [0.2, 0.25) is 0 Å². The second-order valence-corrected chi connectivity index (χ2v) is 5.89. The van der Waals surface area contributed by atoms with E-state index >= 15 is 0 Å². The van der Waals surface area contributed by atoms with E-state index in [9.17, 15) is 0 Å². The van der Waals surface area contributed by atoms with Crippen LogP contribution in [0.1, 0.15) is 11.3 Å². The number of furan rings is 1. The van der Waals surface area contributed by atoms with E-state index in [1.165, 1.54) is 0 Å². The molecular formula is C16H13BrClNO2. The van der Waals surface area contributed by atoms with Gasteiger partial charge in [-0.15, -0.1) is 0 Å². The highest BCUT2D eigenvalue weighted by Gasteiger charge is 2.13. The fourth-order valence-electron chi connectivity index (χ4n) is 2.23. The molecule has 3 rings (SSSR count). The van der Waals surface area contributed by atoms with Crippen LogP contribution in [0.4, 0.5) is 0 Å². The van der Waals surface area contributed by atoms with E-state index in [4.69, 9.17) is 26.5 Å². The van der Waals surface area contributed by atoms with Crippen molar-refractivity contribution in [3.63, 3.8) is 0 Å². The minimum Gasteiger partial charge on any atom is -0.484 e. The van der Waals surface area contributed by atoms with Crippen molar-refractivity contribution >= 4 is 38.5 Å². The lowest BCUT2D eigenvalue weighted by Gasteiger charge is -2.07. The lowest BCUT2D eigenvalue weighted by atomic mass is 10.1. The predicted octanol–water partition coefficient (Wildman–Crippen LogP) is 4.89. The fraction of sp³-hybridized carbons (Fsp3) is 0.125. The smallest absolute Gasteiger partial charge is 0.147 e. The van der Waals surface area contributed by atoms with Gasteiger partial charge in [-0.05, 0) is 24.3 Å². The zero-order chi connectivity index (χ0) is 14.8. The number of halogens is 2. The van der Waals surface area contributed by atoms with E-state index in [-0.39, 0.29) is 0 Å². The van der Waals surface area contributed by atoms with Gasteiger partial charge in [0.1, 0.15) is 23.7 Å². The van der Waals surface area contributed by atoms with Crippen LogP contribution in [-0.4, -0.2) is 0 Å². The van der Waals surface area contributed by atoms with E-state index in [1.807, 2.05) is 36.4 Å². The van der Waals surface area contributed by atoms with Crippen molar-refractivity contribution in [2.45, 2.75) is 13.2 Å². The zero-order valence-electron chi connectivity index (χ0n) is 11.1. The minimum atomic E-state index is 0.294. The predicted molar refractivity (Wildman–Crippen MR) is 87.6 cm³/mol. The van der Waals surface area contributed by atoms with Crippen molar-refractivity contribution in [2.75, 3.05) is 0 Å². The molecule has 0 radical (unpaired) electrons. The SMILES string of the molecule is NCc1c(COc2ccc(Br)cc2Cl)oc2ccccc12. The number of hydrogen-bond acceptors (Lipinski definition) is 3. The van der Waals surface area contributed by atoms with Crippen LogP contribution in [0.5, 0.6) is 5.75 Å². The third kappa shape index (κ3) is 2.93.